The van der Waals surface area contributed by atoms with E-state index in [2.05, 4.69) is 5.32 Å². The smallest absolute Gasteiger partial charge is 0.252 e. The Balaban J connectivity index is 1.82. The third-order valence-electron chi connectivity index (χ3n) is 4.08. The van der Waals surface area contributed by atoms with Crippen molar-refractivity contribution in [3.63, 3.8) is 0 Å². The van der Waals surface area contributed by atoms with Crippen LogP contribution in [0.4, 0.5) is 0 Å². The summed E-state index contributed by atoms with van der Waals surface area (Å²) in [6.07, 6.45) is 0. The normalized spacial score (nSPS) is 15.5. The summed E-state index contributed by atoms with van der Waals surface area (Å²) >= 11 is 5.87. The molecule has 1 saturated heterocycles. The summed E-state index contributed by atoms with van der Waals surface area (Å²) in [5.41, 5.74) is 1.21. The Bertz CT molecular complexity index is 728. The molecule has 1 aliphatic heterocycles. The van der Waals surface area contributed by atoms with Crippen LogP contribution in [0.1, 0.15) is 22.0 Å². The van der Waals surface area contributed by atoms with Crippen molar-refractivity contribution < 1.29 is 14.3 Å². The Morgan fingerprint density at radius 3 is 2.28 bits per heavy atom. The van der Waals surface area contributed by atoms with Crippen LogP contribution in [-0.4, -0.2) is 43.0 Å². The summed E-state index contributed by atoms with van der Waals surface area (Å²) in [7, 11) is 0. The van der Waals surface area contributed by atoms with Crippen LogP contribution in [0.3, 0.4) is 0 Å². The van der Waals surface area contributed by atoms with E-state index in [1.54, 1.807) is 29.2 Å². The average molecular weight is 359 g/mol. The van der Waals surface area contributed by atoms with Crippen LogP contribution < -0.4 is 5.32 Å². The third-order valence-corrected chi connectivity index (χ3v) is 4.34. The predicted molar refractivity (Wildman–Crippen MR) is 95.5 cm³/mol. The maximum absolute atomic E-state index is 13.0. The standard InChI is InChI=1S/C19H19ClN2O3/c20-16-8-6-15(7-9-16)18(23)21-17(14-4-2-1-3-5-14)19(24)22-10-12-25-13-11-22/h1-9,17H,10-13H2,(H,21,23)/t17-/m0/s1. The van der Waals surface area contributed by atoms with Crippen LogP contribution in [0.15, 0.2) is 54.6 Å². The molecule has 5 nitrogen and oxygen atoms in total. The molecule has 0 saturated carbocycles. The lowest BCUT2D eigenvalue weighted by atomic mass is 10.0. The van der Waals surface area contributed by atoms with Gasteiger partial charge in [-0.3, -0.25) is 9.59 Å². The number of ether oxygens (including phenoxy) is 1. The van der Waals surface area contributed by atoms with Gasteiger partial charge in [0.1, 0.15) is 6.04 Å². The van der Waals surface area contributed by atoms with E-state index in [0.717, 1.165) is 5.56 Å². The van der Waals surface area contributed by atoms with Crippen molar-refractivity contribution in [1.29, 1.82) is 0 Å². The van der Waals surface area contributed by atoms with Crippen molar-refractivity contribution in [2.24, 2.45) is 0 Å². The molecule has 1 fully saturated rings. The number of morpholine rings is 1. The van der Waals surface area contributed by atoms with Gasteiger partial charge in [0.2, 0.25) is 5.91 Å². The van der Waals surface area contributed by atoms with E-state index < -0.39 is 6.04 Å². The Labute approximate surface area is 151 Å². The highest BCUT2D eigenvalue weighted by atomic mass is 35.5. The van der Waals surface area contributed by atoms with Gasteiger partial charge >= 0.3 is 0 Å². The lowest BCUT2D eigenvalue weighted by Gasteiger charge is -2.31. The number of halogens is 1. The van der Waals surface area contributed by atoms with Gasteiger partial charge in [-0.05, 0) is 29.8 Å². The molecule has 0 aromatic heterocycles. The fourth-order valence-electron chi connectivity index (χ4n) is 2.72. The average Bonchev–Trinajstić information content (AvgIpc) is 2.67. The quantitative estimate of drug-likeness (QED) is 0.914. The highest BCUT2D eigenvalue weighted by Crippen LogP contribution is 2.18. The van der Waals surface area contributed by atoms with Gasteiger partial charge in [0, 0.05) is 23.7 Å². The Hall–Kier alpha value is -2.37. The molecular weight excluding hydrogens is 340 g/mol. The predicted octanol–water partition coefficient (Wildman–Crippen LogP) is 2.67. The second-order valence-corrected chi connectivity index (χ2v) is 6.20. The molecule has 1 aliphatic rings. The van der Waals surface area contributed by atoms with Crippen molar-refractivity contribution in [3.8, 4) is 0 Å². The molecule has 0 radical (unpaired) electrons. The van der Waals surface area contributed by atoms with Crippen molar-refractivity contribution in [2.75, 3.05) is 26.3 Å². The summed E-state index contributed by atoms with van der Waals surface area (Å²) in [6, 6.07) is 15.1. The number of nitrogens with one attached hydrogen (secondary N) is 1. The molecule has 0 bridgehead atoms. The molecule has 1 N–H and O–H groups in total. The number of hydrogen-bond donors (Lipinski definition) is 1. The zero-order valence-electron chi connectivity index (χ0n) is 13.7. The topological polar surface area (TPSA) is 58.6 Å². The van der Waals surface area contributed by atoms with Crippen LogP contribution >= 0.6 is 11.6 Å². The van der Waals surface area contributed by atoms with Gasteiger partial charge < -0.3 is 15.0 Å². The summed E-state index contributed by atoms with van der Waals surface area (Å²) < 4.78 is 5.30. The minimum atomic E-state index is -0.734. The number of amides is 2. The van der Waals surface area contributed by atoms with Crippen LogP contribution in [0.2, 0.25) is 5.02 Å². The SMILES string of the molecule is O=C(N[C@H](C(=O)N1CCOCC1)c1ccccc1)c1ccc(Cl)cc1. The lowest BCUT2D eigenvalue weighted by Crippen LogP contribution is -2.47. The van der Waals surface area contributed by atoms with Crippen molar-refractivity contribution >= 4 is 23.4 Å². The first kappa shape index (κ1) is 17.5. The van der Waals surface area contributed by atoms with Gasteiger partial charge in [-0.15, -0.1) is 0 Å². The van der Waals surface area contributed by atoms with E-state index in [1.165, 1.54) is 0 Å². The van der Waals surface area contributed by atoms with E-state index >= 15 is 0 Å². The highest BCUT2D eigenvalue weighted by molar-refractivity contribution is 6.30. The van der Waals surface area contributed by atoms with Crippen molar-refractivity contribution in [1.82, 2.24) is 10.2 Å². The fourth-order valence-corrected chi connectivity index (χ4v) is 2.84. The molecule has 1 heterocycles. The van der Waals surface area contributed by atoms with Crippen LogP contribution in [-0.2, 0) is 9.53 Å². The van der Waals surface area contributed by atoms with E-state index in [9.17, 15) is 9.59 Å². The zero-order chi connectivity index (χ0) is 17.6. The summed E-state index contributed by atoms with van der Waals surface area (Å²) in [6.45, 7) is 2.08. The second-order valence-electron chi connectivity index (χ2n) is 5.76. The van der Waals surface area contributed by atoms with Crippen LogP contribution in [0.25, 0.3) is 0 Å². The first-order valence-electron chi connectivity index (χ1n) is 8.13. The Morgan fingerprint density at radius 1 is 1.00 bits per heavy atom. The molecule has 2 aromatic rings. The number of benzene rings is 2. The molecule has 0 unspecified atom stereocenters. The summed E-state index contributed by atoms with van der Waals surface area (Å²) in [5, 5.41) is 3.41. The van der Waals surface area contributed by atoms with Gasteiger partial charge in [0.25, 0.3) is 5.91 Å². The number of hydrogen-bond acceptors (Lipinski definition) is 3. The van der Waals surface area contributed by atoms with E-state index in [1.807, 2.05) is 30.3 Å². The molecule has 0 spiro atoms. The molecule has 1 atom stereocenters. The monoisotopic (exact) mass is 358 g/mol. The number of nitrogens with zero attached hydrogens (tertiary/aromatic N) is 1. The second kappa shape index (κ2) is 8.14. The maximum atomic E-state index is 13.0. The lowest BCUT2D eigenvalue weighted by molar-refractivity contribution is -0.137. The molecular formula is C19H19ClN2O3. The molecule has 130 valence electrons. The number of carbonyl (C=O) groups excluding carboxylic acids is 2. The Morgan fingerprint density at radius 2 is 1.64 bits per heavy atom. The summed E-state index contributed by atoms with van der Waals surface area (Å²) in [5.74, 6) is -0.441. The maximum Gasteiger partial charge on any atom is 0.252 e. The molecule has 0 aliphatic carbocycles. The summed E-state index contributed by atoms with van der Waals surface area (Å²) in [4.78, 5) is 27.3. The number of carbonyl (C=O) groups is 2. The molecule has 2 aromatic carbocycles. The minimum Gasteiger partial charge on any atom is -0.378 e. The van der Waals surface area contributed by atoms with E-state index in [4.69, 9.17) is 16.3 Å². The van der Waals surface area contributed by atoms with Gasteiger partial charge in [-0.25, -0.2) is 0 Å². The molecule has 25 heavy (non-hydrogen) atoms. The molecule has 2 amide bonds. The van der Waals surface area contributed by atoms with Crippen LogP contribution in [0, 0.1) is 0 Å². The molecule has 6 heteroatoms. The minimum absolute atomic E-state index is 0.128. The van der Waals surface area contributed by atoms with Gasteiger partial charge in [0.05, 0.1) is 13.2 Å². The Kier molecular flexibility index (Phi) is 5.68. The van der Waals surface area contributed by atoms with E-state index in [-0.39, 0.29) is 11.8 Å². The first-order valence-corrected chi connectivity index (χ1v) is 8.51. The number of rotatable bonds is 4. The van der Waals surface area contributed by atoms with Gasteiger partial charge in [-0.1, -0.05) is 41.9 Å². The van der Waals surface area contributed by atoms with Gasteiger partial charge in [0.15, 0.2) is 0 Å². The first-order chi connectivity index (χ1) is 12.1. The van der Waals surface area contributed by atoms with Crippen LogP contribution in [0.5, 0.6) is 0 Å². The van der Waals surface area contributed by atoms with Crippen molar-refractivity contribution in [3.05, 3.63) is 70.7 Å². The fraction of sp³-hybridized carbons (Fsp3) is 0.263. The van der Waals surface area contributed by atoms with Crippen molar-refractivity contribution in [2.45, 2.75) is 6.04 Å². The zero-order valence-corrected chi connectivity index (χ0v) is 14.4. The van der Waals surface area contributed by atoms with E-state index in [0.29, 0.717) is 36.9 Å². The van der Waals surface area contributed by atoms with Gasteiger partial charge in [-0.2, -0.15) is 0 Å². The molecule has 3 rings (SSSR count). The third kappa shape index (κ3) is 4.38. The largest absolute Gasteiger partial charge is 0.378 e. The highest BCUT2D eigenvalue weighted by Gasteiger charge is 2.28.